The molecule has 1 aromatic heterocycles. The number of primary amides is 1. The molecule has 1 saturated carbocycles. The molecule has 0 bridgehead atoms. The number of carbonyl (C=O) groups excluding carboxylic acids is 1. The Balaban J connectivity index is 2.34. The van der Waals surface area contributed by atoms with Gasteiger partial charge in [0, 0.05) is 5.92 Å². The van der Waals surface area contributed by atoms with Gasteiger partial charge in [-0.15, -0.1) is 5.10 Å². The van der Waals surface area contributed by atoms with Crippen LogP contribution in [0.2, 0.25) is 0 Å². The lowest BCUT2D eigenvalue weighted by molar-refractivity contribution is 0.0561. The summed E-state index contributed by atoms with van der Waals surface area (Å²) < 4.78 is 1.59. The van der Waals surface area contributed by atoms with E-state index in [0.29, 0.717) is 12.5 Å². The molecule has 1 amide bonds. The van der Waals surface area contributed by atoms with Crippen molar-refractivity contribution in [1.82, 2.24) is 15.0 Å². The van der Waals surface area contributed by atoms with Crippen molar-refractivity contribution in [2.75, 3.05) is 0 Å². The molecule has 1 aromatic rings. The summed E-state index contributed by atoms with van der Waals surface area (Å²) in [6.45, 7) is 3.70. The van der Waals surface area contributed by atoms with Crippen molar-refractivity contribution < 1.29 is 9.90 Å². The predicted molar refractivity (Wildman–Crippen MR) is 56.8 cm³/mol. The summed E-state index contributed by atoms with van der Waals surface area (Å²) >= 11 is 0. The molecule has 1 fully saturated rings. The number of aliphatic hydroxyl groups is 1. The number of nitrogens with zero attached hydrogens (tertiary/aromatic N) is 3. The fourth-order valence-corrected chi connectivity index (χ4v) is 1.74. The second-order valence-corrected chi connectivity index (χ2v) is 4.93. The van der Waals surface area contributed by atoms with Crippen LogP contribution in [0.1, 0.15) is 48.8 Å². The van der Waals surface area contributed by atoms with E-state index in [9.17, 15) is 9.90 Å². The van der Waals surface area contributed by atoms with E-state index in [0.717, 1.165) is 18.5 Å². The largest absolute Gasteiger partial charge is 0.389 e. The molecule has 0 saturated heterocycles. The van der Waals surface area contributed by atoms with Crippen molar-refractivity contribution in [2.45, 2.75) is 44.8 Å². The molecular weight excluding hydrogens is 208 g/mol. The molecule has 1 aliphatic carbocycles. The molecule has 6 heteroatoms. The third-order valence-electron chi connectivity index (χ3n) is 2.51. The average Bonchev–Trinajstić information content (AvgIpc) is 2.86. The molecular formula is C10H16N4O2. The van der Waals surface area contributed by atoms with E-state index in [4.69, 9.17) is 5.73 Å². The molecule has 16 heavy (non-hydrogen) atoms. The molecule has 88 valence electrons. The molecule has 0 radical (unpaired) electrons. The molecule has 1 heterocycles. The van der Waals surface area contributed by atoms with Crippen molar-refractivity contribution in [3.05, 3.63) is 11.4 Å². The normalized spacial score (nSPS) is 16.4. The van der Waals surface area contributed by atoms with Gasteiger partial charge in [-0.1, -0.05) is 5.21 Å². The van der Waals surface area contributed by atoms with E-state index in [-0.39, 0.29) is 5.69 Å². The van der Waals surface area contributed by atoms with Crippen LogP contribution < -0.4 is 5.73 Å². The molecule has 1 aliphatic rings. The molecule has 0 aromatic carbocycles. The third kappa shape index (κ3) is 2.21. The van der Waals surface area contributed by atoms with E-state index in [1.807, 2.05) is 0 Å². The van der Waals surface area contributed by atoms with Crippen LogP contribution in [0.3, 0.4) is 0 Å². The maximum absolute atomic E-state index is 11.2. The first-order chi connectivity index (χ1) is 7.38. The van der Waals surface area contributed by atoms with Gasteiger partial charge in [-0.2, -0.15) is 0 Å². The standard InChI is InChI=1S/C10H16N4O2/c1-10(2,16)5-14-8(6-3-4-6)7(9(11)15)12-13-14/h6,16H,3-5H2,1-2H3,(H2,11,15). The van der Waals surface area contributed by atoms with E-state index < -0.39 is 11.5 Å². The second kappa shape index (κ2) is 3.55. The zero-order valence-electron chi connectivity index (χ0n) is 9.47. The highest BCUT2D eigenvalue weighted by Gasteiger charge is 2.34. The van der Waals surface area contributed by atoms with Crippen molar-refractivity contribution in [3.63, 3.8) is 0 Å². The van der Waals surface area contributed by atoms with Gasteiger partial charge in [0.1, 0.15) is 0 Å². The minimum absolute atomic E-state index is 0.242. The Hall–Kier alpha value is -1.43. The zero-order valence-corrected chi connectivity index (χ0v) is 9.47. The molecule has 0 spiro atoms. The van der Waals surface area contributed by atoms with Gasteiger partial charge in [0.15, 0.2) is 5.69 Å². The van der Waals surface area contributed by atoms with Crippen LogP contribution in [-0.2, 0) is 6.54 Å². The molecule has 2 rings (SSSR count). The number of aromatic nitrogens is 3. The fraction of sp³-hybridized carbons (Fsp3) is 0.700. The Kier molecular flexibility index (Phi) is 2.46. The van der Waals surface area contributed by atoms with Crippen molar-refractivity contribution in [1.29, 1.82) is 0 Å². The van der Waals surface area contributed by atoms with Crippen molar-refractivity contribution in [3.8, 4) is 0 Å². The highest BCUT2D eigenvalue weighted by molar-refractivity contribution is 5.92. The number of hydrogen-bond acceptors (Lipinski definition) is 4. The Morgan fingerprint density at radius 1 is 1.62 bits per heavy atom. The highest BCUT2D eigenvalue weighted by atomic mass is 16.3. The van der Waals surface area contributed by atoms with E-state index in [1.54, 1.807) is 18.5 Å². The summed E-state index contributed by atoms with van der Waals surface area (Å²) in [5, 5.41) is 17.4. The Morgan fingerprint density at radius 3 is 2.69 bits per heavy atom. The van der Waals surface area contributed by atoms with Crippen LogP contribution in [0.25, 0.3) is 0 Å². The number of nitrogens with two attached hydrogens (primary N) is 1. The first-order valence-electron chi connectivity index (χ1n) is 5.34. The lowest BCUT2D eigenvalue weighted by atomic mass is 10.1. The number of carbonyl (C=O) groups is 1. The van der Waals surface area contributed by atoms with Gasteiger partial charge in [0.05, 0.1) is 17.8 Å². The molecule has 3 N–H and O–H groups in total. The van der Waals surface area contributed by atoms with Crippen LogP contribution in [0.5, 0.6) is 0 Å². The minimum atomic E-state index is -0.883. The fourth-order valence-electron chi connectivity index (χ4n) is 1.74. The first kappa shape index (κ1) is 11.1. The average molecular weight is 224 g/mol. The summed E-state index contributed by atoms with van der Waals surface area (Å²) in [5.74, 6) is -0.233. The minimum Gasteiger partial charge on any atom is -0.389 e. The Bertz CT molecular complexity index is 415. The first-order valence-corrected chi connectivity index (χ1v) is 5.34. The van der Waals surface area contributed by atoms with Gasteiger partial charge in [0.25, 0.3) is 5.91 Å². The van der Waals surface area contributed by atoms with Gasteiger partial charge in [-0.05, 0) is 26.7 Å². The maximum atomic E-state index is 11.2. The number of rotatable bonds is 4. The molecule has 0 unspecified atom stereocenters. The summed E-state index contributed by atoms with van der Waals surface area (Å²) in [4.78, 5) is 11.2. The van der Waals surface area contributed by atoms with Gasteiger partial charge in [-0.3, -0.25) is 4.79 Å². The summed E-state index contributed by atoms with van der Waals surface area (Å²) in [6.07, 6.45) is 2.05. The van der Waals surface area contributed by atoms with Crippen molar-refractivity contribution in [2.24, 2.45) is 5.73 Å². The third-order valence-corrected chi connectivity index (χ3v) is 2.51. The zero-order chi connectivity index (χ0) is 11.9. The van der Waals surface area contributed by atoms with Gasteiger partial charge in [-0.25, -0.2) is 4.68 Å². The molecule has 6 nitrogen and oxygen atoms in total. The lowest BCUT2D eigenvalue weighted by Gasteiger charge is -2.18. The summed E-state index contributed by atoms with van der Waals surface area (Å²) in [7, 11) is 0. The van der Waals surface area contributed by atoms with Gasteiger partial charge >= 0.3 is 0 Å². The van der Waals surface area contributed by atoms with Crippen LogP contribution in [0.15, 0.2) is 0 Å². The number of hydrogen-bond donors (Lipinski definition) is 2. The van der Waals surface area contributed by atoms with Crippen LogP contribution in [-0.4, -0.2) is 31.6 Å². The molecule has 0 aliphatic heterocycles. The monoisotopic (exact) mass is 224 g/mol. The van der Waals surface area contributed by atoms with E-state index in [1.165, 1.54) is 0 Å². The second-order valence-electron chi connectivity index (χ2n) is 4.93. The van der Waals surface area contributed by atoms with Gasteiger partial charge in [0.2, 0.25) is 0 Å². The maximum Gasteiger partial charge on any atom is 0.271 e. The Morgan fingerprint density at radius 2 is 2.25 bits per heavy atom. The van der Waals surface area contributed by atoms with Crippen LogP contribution >= 0.6 is 0 Å². The quantitative estimate of drug-likeness (QED) is 0.754. The van der Waals surface area contributed by atoms with E-state index >= 15 is 0 Å². The SMILES string of the molecule is CC(C)(O)Cn1nnc(C(N)=O)c1C1CC1. The van der Waals surface area contributed by atoms with Gasteiger partial charge < -0.3 is 10.8 Å². The number of amides is 1. The molecule has 0 atom stereocenters. The summed E-state index contributed by atoms with van der Waals surface area (Å²) in [5.41, 5.74) is 5.37. The van der Waals surface area contributed by atoms with Crippen LogP contribution in [0, 0.1) is 0 Å². The topological polar surface area (TPSA) is 94.0 Å². The predicted octanol–water partition coefficient (Wildman–Crippen LogP) is 0.0253. The highest BCUT2D eigenvalue weighted by Crippen LogP contribution is 2.41. The summed E-state index contributed by atoms with van der Waals surface area (Å²) in [6, 6.07) is 0. The van der Waals surface area contributed by atoms with E-state index in [2.05, 4.69) is 10.3 Å². The smallest absolute Gasteiger partial charge is 0.271 e. The van der Waals surface area contributed by atoms with Crippen molar-refractivity contribution >= 4 is 5.91 Å². The van der Waals surface area contributed by atoms with Crippen LogP contribution in [0.4, 0.5) is 0 Å². The Labute approximate surface area is 93.4 Å². The lowest BCUT2D eigenvalue weighted by Crippen LogP contribution is -2.28.